The maximum absolute atomic E-state index is 12.3. The van der Waals surface area contributed by atoms with Gasteiger partial charge in [0.15, 0.2) is 6.29 Å². The first-order chi connectivity index (χ1) is 6.19. The smallest absolute Gasteiger partial charge is 0.264 e. The molecule has 0 aliphatic heterocycles. The molecule has 1 rings (SSSR count). The SMILES string of the molecule is NCc1cnc(C=O)cc1C(F)F. The molecule has 0 amide bonds. The van der Waals surface area contributed by atoms with Crippen LogP contribution in [0.25, 0.3) is 0 Å². The predicted molar refractivity (Wildman–Crippen MR) is 42.5 cm³/mol. The van der Waals surface area contributed by atoms with Gasteiger partial charge in [0.2, 0.25) is 0 Å². The van der Waals surface area contributed by atoms with Crippen LogP contribution in [0.15, 0.2) is 12.3 Å². The van der Waals surface area contributed by atoms with E-state index in [0.717, 1.165) is 6.07 Å². The molecule has 0 aliphatic carbocycles. The van der Waals surface area contributed by atoms with Crippen molar-refractivity contribution in [3.05, 3.63) is 29.1 Å². The van der Waals surface area contributed by atoms with Gasteiger partial charge in [0.25, 0.3) is 6.43 Å². The lowest BCUT2D eigenvalue weighted by Crippen LogP contribution is -2.04. The summed E-state index contributed by atoms with van der Waals surface area (Å²) >= 11 is 0. The van der Waals surface area contributed by atoms with Gasteiger partial charge in [0.05, 0.1) is 0 Å². The Morgan fingerprint density at radius 3 is 2.77 bits per heavy atom. The van der Waals surface area contributed by atoms with Crippen molar-refractivity contribution >= 4 is 6.29 Å². The summed E-state index contributed by atoms with van der Waals surface area (Å²) in [6.45, 7) is -0.00812. The Bertz CT molecular complexity index is 315. The molecule has 0 fully saturated rings. The molecule has 70 valence electrons. The van der Waals surface area contributed by atoms with Gasteiger partial charge in [-0.1, -0.05) is 0 Å². The molecule has 13 heavy (non-hydrogen) atoms. The summed E-state index contributed by atoms with van der Waals surface area (Å²) in [4.78, 5) is 13.9. The molecule has 0 aliphatic rings. The highest BCUT2D eigenvalue weighted by molar-refractivity contribution is 5.72. The van der Waals surface area contributed by atoms with Crippen molar-refractivity contribution in [1.82, 2.24) is 4.98 Å². The van der Waals surface area contributed by atoms with Crippen LogP contribution in [0.2, 0.25) is 0 Å². The second kappa shape index (κ2) is 4.04. The number of carbonyl (C=O) groups excluding carboxylic acids is 1. The van der Waals surface area contributed by atoms with Gasteiger partial charge in [-0.3, -0.25) is 9.78 Å². The van der Waals surface area contributed by atoms with Crippen LogP contribution in [0.1, 0.15) is 28.0 Å². The highest BCUT2D eigenvalue weighted by Crippen LogP contribution is 2.22. The molecule has 5 heteroatoms. The summed E-state index contributed by atoms with van der Waals surface area (Å²) in [7, 11) is 0. The van der Waals surface area contributed by atoms with Gasteiger partial charge in [-0.05, 0) is 11.6 Å². The van der Waals surface area contributed by atoms with E-state index in [0.29, 0.717) is 6.29 Å². The maximum Gasteiger partial charge on any atom is 0.264 e. The van der Waals surface area contributed by atoms with Crippen LogP contribution in [0.5, 0.6) is 0 Å². The third-order valence-electron chi connectivity index (χ3n) is 1.62. The molecule has 0 bridgehead atoms. The van der Waals surface area contributed by atoms with E-state index in [-0.39, 0.29) is 23.4 Å². The van der Waals surface area contributed by atoms with Gasteiger partial charge in [-0.25, -0.2) is 8.78 Å². The van der Waals surface area contributed by atoms with Crippen molar-refractivity contribution in [2.75, 3.05) is 0 Å². The lowest BCUT2D eigenvalue weighted by Gasteiger charge is -2.05. The van der Waals surface area contributed by atoms with Gasteiger partial charge in [0, 0.05) is 18.3 Å². The van der Waals surface area contributed by atoms with Crippen LogP contribution in [-0.2, 0) is 6.54 Å². The molecule has 3 nitrogen and oxygen atoms in total. The minimum absolute atomic E-state index is 0.00694. The van der Waals surface area contributed by atoms with E-state index >= 15 is 0 Å². The summed E-state index contributed by atoms with van der Waals surface area (Å²) in [6, 6.07) is 1.06. The van der Waals surface area contributed by atoms with Crippen LogP contribution < -0.4 is 5.73 Å². The first-order valence-electron chi connectivity index (χ1n) is 3.61. The Kier molecular flexibility index (Phi) is 3.02. The van der Waals surface area contributed by atoms with Crippen molar-refractivity contribution in [2.24, 2.45) is 5.73 Å². The Morgan fingerprint density at radius 1 is 1.62 bits per heavy atom. The zero-order valence-electron chi connectivity index (χ0n) is 6.71. The van der Waals surface area contributed by atoms with Crippen LogP contribution in [0, 0.1) is 0 Å². The fraction of sp³-hybridized carbons (Fsp3) is 0.250. The summed E-state index contributed by atoms with van der Waals surface area (Å²) < 4.78 is 24.7. The van der Waals surface area contributed by atoms with Crippen LogP contribution in [-0.4, -0.2) is 11.3 Å². The number of aldehydes is 1. The topological polar surface area (TPSA) is 56.0 Å². The van der Waals surface area contributed by atoms with Gasteiger partial charge in [-0.2, -0.15) is 0 Å². The average molecular weight is 186 g/mol. The fourth-order valence-corrected chi connectivity index (χ4v) is 0.954. The number of rotatable bonds is 3. The predicted octanol–water partition coefficient (Wildman–Crippen LogP) is 1.29. The Balaban J connectivity index is 3.17. The number of hydrogen-bond donors (Lipinski definition) is 1. The normalized spacial score (nSPS) is 10.5. The maximum atomic E-state index is 12.3. The first-order valence-corrected chi connectivity index (χ1v) is 3.61. The van der Waals surface area contributed by atoms with Crippen molar-refractivity contribution in [3.8, 4) is 0 Å². The van der Waals surface area contributed by atoms with Crippen LogP contribution in [0.4, 0.5) is 8.78 Å². The fourth-order valence-electron chi connectivity index (χ4n) is 0.954. The number of halogens is 2. The minimum Gasteiger partial charge on any atom is -0.326 e. The number of alkyl halides is 2. The molecule has 0 saturated carbocycles. The minimum atomic E-state index is -2.62. The Labute approximate surface area is 73.6 Å². The third-order valence-corrected chi connectivity index (χ3v) is 1.62. The van der Waals surface area contributed by atoms with Gasteiger partial charge < -0.3 is 5.73 Å². The standard InChI is InChI=1S/C8H8F2N2O/c9-8(10)7-1-6(4-13)12-3-5(7)2-11/h1,3-4,8H,2,11H2. The van der Waals surface area contributed by atoms with Crippen molar-refractivity contribution < 1.29 is 13.6 Å². The van der Waals surface area contributed by atoms with E-state index in [1.54, 1.807) is 0 Å². The number of pyridine rings is 1. The Hall–Kier alpha value is -1.36. The number of aromatic nitrogens is 1. The molecule has 0 saturated heterocycles. The highest BCUT2D eigenvalue weighted by Gasteiger charge is 2.13. The summed E-state index contributed by atoms with van der Waals surface area (Å²) in [5.41, 5.74) is 5.25. The second-order valence-electron chi connectivity index (χ2n) is 2.43. The van der Waals surface area contributed by atoms with Crippen molar-refractivity contribution in [1.29, 1.82) is 0 Å². The number of nitrogens with two attached hydrogens (primary N) is 1. The van der Waals surface area contributed by atoms with Gasteiger partial charge in [0.1, 0.15) is 5.69 Å². The van der Waals surface area contributed by atoms with Crippen molar-refractivity contribution in [3.63, 3.8) is 0 Å². The molecule has 0 spiro atoms. The van der Waals surface area contributed by atoms with E-state index in [1.165, 1.54) is 6.20 Å². The monoisotopic (exact) mass is 186 g/mol. The first kappa shape index (κ1) is 9.73. The highest BCUT2D eigenvalue weighted by atomic mass is 19.3. The molecule has 0 radical (unpaired) electrons. The molecule has 1 heterocycles. The van der Waals surface area contributed by atoms with E-state index in [4.69, 9.17) is 5.73 Å². The molecule has 0 unspecified atom stereocenters. The quantitative estimate of drug-likeness (QED) is 0.723. The molecule has 1 aromatic heterocycles. The summed E-state index contributed by atoms with van der Waals surface area (Å²) in [5.74, 6) is 0. The Morgan fingerprint density at radius 2 is 2.31 bits per heavy atom. The lowest BCUT2D eigenvalue weighted by molar-refractivity contribution is 0.111. The van der Waals surface area contributed by atoms with E-state index in [1.807, 2.05) is 0 Å². The van der Waals surface area contributed by atoms with E-state index < -0.39 is 6.43 Å². The molecular formula is C8H8F2N2O. The third kappa shape index (κ3) is 2.06. The lowest BCUT2D eigenvalue weighted by atomic mass is 10.1. The zero-order chi connectivity index (χ0) is 9.84. The molecule has 1 aromatic rings. The number of carbonyl (C=O) groups is 1. The molecular weight excluding hydrogens is 178 g/mol. The number of nitrogens with zero attached hydrogens (tertiary/aromatic N) is 1. The summed E-state index contributed by atoms with van der Waals surface area (Å²) in [5, 5.41) is 0. The van der Waals surface area contributed by atoms with Gasteiger partial charge in [-0.15, -0.1) is 0 Å². The van der Waals surface area contributed by atoms with Crippen LogP contribution in [0.3, 0.4) is 0 Å². The van der Waals surface area contributed by atoms with Crippen LogP contribution >= 0.6 is 0 Å². The molecule has 2 N–H and O–H groups in total. The average Bonchev–Trinajstić information content (AvgIpc) is 2.16. The zero-order valence-corrected chi connectivity index (χ0v) is 6.71. The largest absolute Gasteiger partial charge is 0.326 e. The summed E-state index contributed by atoms with van der Waals surface area (Å²) in [6.07, 6.45) is -1.00. The van der Waals surface area contributed by atoms with E-state index in [2.05, 4.69) is 4.98 Å². The molecule has 0 atom stereocenters. The van der Waals surface area contributed by atoms with E-state index in [9.17, 15) is 13.6 Å². The number of hydrogen-bond acceptors (Lipinski definition) is 3. The molecule has 0 aromatic carbocycles. The van der Waals surface area contributed by atoms with Crippen molar-refractivity contribution in [2.45, 2.75) is 13.0 Å². The van der Waals surface area contributed by atoms with Gasteiger partial charge >= 0.3 is 0 Å². The second-order valence-corrected chi connectivity index (χ2v) is 2.43.